The third-order valence-corrected chi connectivity index (χ3v) is 5.84. The van der Waals surface area contributed by atoms with E-state index < -0.39 is 0 Å². The number of nitrogens with one attached hydrogen (secondary N) is 1. The summed E-state index contributed by atoms with van der Waals surface area (Å²) in [6, 6.07) is 8.15. The molecule has 4 rings (SSSR count). The molecule has 1 aromatic heterocycles. The minimum atomic E-state index is 0.0517. The number of aromatic nitrogens is 2. The molecular formula is C22H29N3O2. The third kappa shape index (κ3) is 4.08. The quantitative estimate of drug-likeness (QED) is 0.797. The molecule has 0 radical (unpaired) electrons. The Labute approximate surface area is 160 Å². The third-order valence-electron chi connectivity index (χ3n) is 5.84. The van der Waals surface area contributed by atoms with Gasteiger partial charge in [0, 0.05) is 18.2 Å². The largest absolute Gasteiger partial charge is 0.494 e. The van der Waals surface area contributed by atoms with Crippen LogP contribution in [0, 0.1) is 5.92 Å². The molecule has 1 atom stereocenters. The molecule has 0 saturated carbocycles. The summed E-state index contributed by atoms with van der Waals surface area (Å²) >= 11 is 0. The van der Waals surface area contributed by atoms with E-state index >= 15 is 0 Å². The van der Waals surface area contributed by atoms with Gasteiger partial charge in [-0.15, -0.1) is 0 Å². The molecule has 0 spiro atoms. The molecule has 1 aliphatic carbocycles. The molecule has 144 valence electrons. The molecule has 1 aliphatic heterocycles. The Bertz CT molecular complexity index is 853. The van der Waals surface area contributed by atoms with Crippen LogP contribution >= 0.6 is 0 Å². The first-order chi connectivity index (χ1) is 13.2. The molecule has 5 nitrogen and oxygen atoms in total. The molecule has 1 N–H and O–H groups in total. The topological polar surface area (TPSA) is 56.1 Å². The van der Waals surface area contributed by atoms with Crippen molar-refractivity contribution in [3.63, 3.8) is 0 Å². The number of ether oxygens (including phenoxy) is 1. The SMILES string of the molecule is Cn1nc(-c2cccc(OCCCC3CCCNC3)c2)c2c(c1=O)CCC2. The fraction of sp³-hybridized carbons (Fsp3) is 0.545. The maximum Gasteiger partial charge on any atom is 0.269 e. The van der Waals surface area contributed by atoms with Crippen molar-refractivity contribution >= 4 is 0 Å². The summed E-state index contributed by atoms with van der Waals surface area (Å²) in [5.74, 6) is 1.68. The average Bonchev–Trinajstić information content (AvgIpc) is 3.19. The van der Waals surface area contributed by atoms with Gasteiger partial charge in [-0.3, -0.25) is 4.79 Å². The standard InChI is InChI=1S/C22H29N3O2/c1-25-22(26)20-11-3-10-19(20)21(24-25)17-8-2-9-18(14-17)27-13-5-7-16-6-4-12-23-15-16/h2,8-9,14,16,23H,3-7,10-13,15H2,1H3. The number of aryl methyl sites for hydroxylation is 1. The van der Waals surface area contributed by atoms with Crippen LogP contribution in [0.25, 0.3) is 11.3 Å². The summed E-state index contributed by atoms with van der Waals surface area (Å²) in [5.41, 5.74) is 4.09. The molecule has 0 amide bonds. The lowest BCUT2D eigenvalue weighted by molar-refractivity contribution is 0.275. The molecule has 2 aromatic rings. The van der Waals surface area contributed by atoms with Crippen LogP contribution < -0.4 is 15.6 Å². The highest BCUT2D eigenvalue weighted by atomic mass is 16.5. The Morgan fingerprint density at radius 2 is 2.15 bits per heavy atom. The van der Waals surface area contributed by atoms with Gasteiger partial charge in [-0.2, -0.15) is 5.10 Å². The number of nitrogens with zero attached hydrogens (tertiary/aromatic N) is 2. The normalized spacial score (nSPS) is 19.1. The maximum absolute atomic E-state index is 12.3. The van der Waals surface area contributed by atoms with Crippen molar-refractivity contribution in [1.82, 2.24) is 15.1 Å². The van der Waals surface area contributed by atoms with Crippen molar-refractivity contribution in [2.75, 3.05) is 19.7 Å². The Balaban J connectivity index is 1.43. The van der Waals surface area contributed by atoms with E-state index in [4.69, 9.17) is 4.74 Å². The van der Waals surface area contributed by atoms with E-state index in [0.717, 1.165) is 72.9 Å². The van der Waals surface area contributed by atoms with Crippen LogP contribution in [0.15, 0.2) is 29.1 Å². The predicted octanol–water partition coefficient (Wildman–Crippen LogP) is 3.09. The highest BCUT2D eigenvalue weighted by molar-refractivity contribution is 5.66. The van der Waals surface area contributed by atoms with E-state index in [1.807, 2.05) is 12.1 Å². The lowest BCUT2D eigenvalue weighted by atomic mass is 9.95. The summed E-state index contributed by atoms with van der Waals surface area (Å²) in [4.78, 5) is 12.3. The van der Waals surface area contributed by atoms with Gasteiger partial charge in [-0.1, -0.05) is 12.1 Å². The minimum Gasteiger partial charge on any atom is -0.494 e. The van der Waals surface area contributed by atoms with E-state index in [2.05, 4.69) is 22.5 Å². The van der Waals surface area contributed by atoms with Crippen molar-refractivity contribution in [1.29, 1.82) is 0 Å². The first-order valence-corrected chi connectivity index (χ1v) is 10.3. The maximum atomic E-state index is 12.3. The lowest BCUT2D eigenvalue weighted by Crippen LogP contribution is -2.29. The predicted molar refractivity (Wildman–Crippen MR) is 107 cm³/mol. The Morgan fingerprint density at radius 3 is 3.00 bits per heavy atom. The Kier molecular flexibility index (Phi) is 5.58. The van der Waals surface area contributed by atoms with Crippen molar-refractivity contribution in [2.24, 2.45) is 13.0 Å². The van der Waals surface area contributed by atoms with Gasteiger partial charge in [0.1, 0.15) is 5.75 Å². The highest BCUT2D eigenvalue weighted by Crippen LogP contribution is 2.30. The van der Waals surface area contributed by atoms with E-state index in [1.54, 1.807) is 7.05 Å². The summed E-state index contributed by atoms with van der Waals surface area (Å²) in [5, 5.41) is 8.03. The van der Waals surface area contributed by atoms with Crippen LogP contribution in [-0.4, -0.2) is 29.5 Å². The second-order valence-corrected chi connectivity index (χ2v) is 7.82. The van der Waals surface area contributed by atoms with Crippen LogP contribution in [0.1, 0.15) is 43.2 Å². The van der Waals surface area contributed by atoms with Crippen molar-refractivity contribution in [3.8, 4) is 17.0 Å². The van der Waals surface area contributed by atoms with Gasteiger partial charge in [0.25, 0.3) is 5.56 Å². The summed E-state index contributed by atoms with van der Waals surface area (Å²) in [6.45, 7) is 3.07. The number of hydrogen-bond donors (Lipinski definition) is 1. The van der Waals surface area contributed by atoms with Gasteiger partial charge in [-0.05, 0) is 81.6 Å². The van der Waals surface area contributed by atoms with Crippen molar-refractivity contribution in [2.45, 2.75) is 44.9 Å². The number of rotatable bonds is 6. The number of fused-ring (bicyclic) bond motifs is 1. The summed E-state index contributed by atoms with van der Waals surface area (Å²) < 4.78 is 7.49. The average molecular weight is 367 g/mol. The fourth-order valence-electron chi connectivity index (χ4n) is 4.39. The van der Waals surface area contributed by atoms with E-state index in [1.165, 1.54) is 30.5 Å². The highest BCUT2D eigenvalue weighted by Gasteiger charge is 2.22. The van der Waals surface area contributed by atoms with Gasteiger partial charge in [-0.25, -0.2) is 4.68 Å². The van der Waals surface area contributed by atoms with E-state index in [9.17, 15) is 4.79 Å². The van der Waals surface area contributed by atoms with Crippen LogP contribution in [0.3, 0.4) is 0 Å². The van der Waals surface area contributed by atoms with Gasteiger partial charge < -0.3 is 10.1 Å². The van der Waals surface area contributed by atoms with Gasteiger partial charge in [0.15, 0.2) is 0 Å². The van der Waals surface area contributed by atoms with Gasteiger partial charge in [0.05, 0.1) is 12.3 Å². The fourth-order valence-corrected chi connectivity index (χ4v) is 4.39. The molecular weight excluding hydrogens is 338 g/mol. The van der Waals surface area contributed by atoms with Gasteiger partial charge in [0.2, 0.25) is 0 Å². The van der Waals surface area contributed by atoms with Crippen molar-refractivity contribution in [3.05, 3.63) is 45.7 Å². The number of benzene rings is 1. The Hall–Kier alpha value is -2.14. The minimum absolute atomic E-state index is 0.0517. The lowest BCUT2D eigenvalue weighted by Gasteiger charge is -2.22. The van der Waals surface area contributed by atoms with Crippen molar-refractivity contribution < 1.29 is 4.74 Å². The smallest absolute Gasteiger partial charge is 0.269 e. The molecule has 1 aromatic carbocycles. The van der Waals surface area contributed by atoms with Crippen LogP contribution in [0.2, 0.25) is 0 Å². The second-order valence-electron chi connectivity index (χ2n) is 7.82. The monoisotopic (exact) mass is 367 g/mol. The van der Waals surface area contributed by atoms with Crippen LogP contribution in [0.4, 0.5) is 0 Å². The molecule has 0 bridgehead atoms. The second kappa shape index (κ2) is 8.26. The number of hydrogen-bond acceptors (Lipinski definition) is 4. The first kappa shape index (κ1) is 18.2. The number of piperidine rings is 1. The molecule has 1 saturated heterocycles. The van der Waals surface area contributed by atoms with E-state index in [-0.39, 0.29) is 5.56 Å². The Morgan fingerprint density at radius 1 is 1.26 bits per heavy atom. The molecule has 1 unspecified atom stereocenters. The first-order valence-electron chi connectivity index (χ1n) is 10.3. The summed E-state index contributed by atoms with van der Waals surface area (Å²) in [7, 11) is 1.74. The van der Waals surface area contributed by atoms with E-state index in [0.29, 0.717) is 0 Å². The van der Waals surface area contributed by atoms with Crippen LogP contribution in [0.5, 0.6) is 5.75 Å². The molecule has 2 aliphatic rings. The molecule has 27 heavy (non-hydrogen) atoms. The van der Waals surface area contributed by atoms with Crippen LogP contribution in [-0.2, 0) is 19.9 Å². The zero-order chi connectivity index (χ0) is 18.6. The molecule has 2 heterocycles. The van der Waals surface area contributed by atoms with Gasteiger partial charge >= 0.3 is 0 Å². The zero-order valence-corrected chi connectivity index (χ0v) is 16.2. The summed E-state index contributed by atoms with van der Waals surface area (Å²) in [6.07, 6.45) is 7.79. The molecule has 1 fully saturated rings. The molecule has 5 heteroatoms. The zero-order valence-electron chi connectivity index (χ0n) is 16.2.